The van der Waals surface area contributed by atoms with Crippen molar-refractivity contribution in [2.75, 3.05) is 19.0 Å². The predicted molar refractivity (Wildman–Crippen MR) is 89.5 cm³/mol. The molecule has 110 valence electrons. The van der Waals surface area contributed by atoms with Crippen molar-refractivity contribution in [1.29, 1.82) is 0 Å². The van der Waals surface area contributed by atoms with Crippen LogP contribution in [-0.4, -0.2) is 24.1 Å². The molecule has 0 saturated carbocycles. The normalized spacial score (nSPS) is 18.3. The first-order valence-corrected chi connectivity index (χ1v) is 8.07. The topological polar surface area (TPSA) is 33.6 Å². The third kappa shape index (κ3) is 3.83. The first-order valence-electron chi connectivity index (χ1n) is 6.82. The smallest absolute Gasteiger partial charge is 0.161 e. The number of nitrogens with zero attached hydrogens (tertiary/aromatic N) is 1. The number of halogens is 1. The van der Waals surface area contributed by atoms with E-state index in [1.807, 2.05) is 30.8 Å². The summed E-state index contributed by atoms with van der Waals surface area (Å²) < 4.78 is 5.37. The number of amidine groups is 1. The van der Waals surface area contributed by atoms with E-state index in [1.165, 1.54) is 6.42 Å². The zero-order valence-corrected chi connectivity index (χ0v) is 13.9. The largest absolute Gasteiger partial charge is 0.495 e. The third-order valence-corrected chi connectivity index (χ3v) is 4.71. The number of aliphatic imine (C=N–C) groups is 1. The fourth-order valence-electron chi connectivity index (χ4n) is 2.18. The fourth-order valence-corrected chi connectivity index (χ4v) is 3.60. The van der Waals surface area contributed by atoms with Gasteiger partial charge in [0.15, 0.2) is 5.17 Å². The molecule has 0 aromatic heterocycles. The second-order valence-corrected chi connectivity index (χ2v) is 7.14. The van der Waals surface area contributed by atoms with E-state index in [-0.39, 0.29) is 0 Å². The molecule has 0 spiro atoms. The minimum absolute atomic E-state index is 0.580. The van der Waals surface area contributed by atoms with Crippen molar-refractivity contribution in [2.45, 2.75) is 32.4 Å². The van der Waals surface area contributed by atoms with E-state index in [0.29, 0.717) is 16.2 Å². The molecule has 5 heteroatoms. The van der Waals surface area contributed by atoms with Crippen LogP contribution in [0.25, 0.3) is 0 Å². The minimum atomic E-state index is 0.580. The number of thioether (sulfide) groups is 1. The van der Waals surface area contributed by atoms with E-state index < -0.39 is 0 Å². The van der Waals surface area contributed by atoms with Gasteiger partial charge in [-0.25, -0.2) is 0 Å². The summed E-state index contributed by atoms with van der Waals surface area (Å²) >= 11 is 7.93. The number of aryl methyl sites for hydroxylation is 1. The number of anilines is 1. The van der Waals surface area contributed by atoms with Crippen LogP contribution in [0.4, 0.5) is 5.69 Å². The maximum absolute atomic E-state index is 6.12. The van der Waals surface area contributed by atoms with Crippen LogP contribution in [0, 0.1) is 12.8 Å². The van der Waals surface area contributed by atoms with Gasteiger partial charge in [-0.2, -0.15) is 0 Å². The van der Waals surface area contributed by atoms with Crippen molar-refractivity contribution >= 4 is 34.2 Å². The molecule has 0 fully saturated rings. The number of ether oxygens (including phenoxy) is 1. The molecule has 1 atom stereocenters. The zero-order chi connectivity index (χ0) is 14.7. The van der Waals surface area contributed by atoms with E-state index in [9.17, 15) is 0 Å². The standard InChI is InChI=1S/C15H21ClN2OS/c1-9(2)5-11-8-17-15(20-11)18-13-6-10(3)12(16)7-14(13)19-4/h6-7,9,11H,5,8H2,1-4H3,(H,17,18). The number of methoxy groups -OCH3 is 1. The molecule has 0 amide bonds. The summed E-state index contributed by atoms with van der Waals surface area (Å²) in [6.45, 7) is 7.37. The lowest BCUT2D eigenvalue weighted by Crippen LogP contribution is -2.10. The van der Waals surface area contributed by atoms with E-state index in [0.717, 1.165) is 28.7 Å². The highest BCUT2D eigenvalue weighted by atomic mass is 35.5. The molecule has 2 rings (SSSR count). The SMILES string of the molecule is COc1cc(Cl)c(C)cc1NC1=NCC(CC(C)C)S1. The van der Waals surface area contributed by atoms with Crippen molar-refractivity contribution in [3.05, 3.63) is 22.7 Å². The van der Waals surface area contributed by atoms with Crippen LogP contribution in [0.15, 0.2) is 17.1 Å². The van der Waals surface area contributed by atoms with Crippen molar-refractivity contribution in [2.24, 2.45) is 10.9 Å². The Hall–Kier alpha value is -0.870. The Morgan fingerprint density at radius 3 is 2.90 bits per heavy atom. The highest BCUT2D eigenvalue weighted by Gasteiger charge is 2.21. The lowest BCUT2D eigenvalue weighted by Gasteiger charge is -2.14. The summed E-state index contributed by atoms with van der Waals surface area (Å²) in [5, 5.41) is 5.62. The molecule has 1 unspecified atom stereocenters. The zero-order valence-electron chi connectivity index (χ0n) is 12.4. The van der Waals surface area contributed by atoms with Gasteiger partial charge in [0.1, 0.15) is 5.75 Å². The molecule has 1 heterocycles. The minimum Gasteiger partial charge on any atom is -0.495 e. The molecular weight excluding hydrogens is 292 g/mol. The lowest BCUT2D eigenvalue weighted by molar-refractivity contribution is 0.417. The monoisotopic (exact) mass is 312 g/mol. The molecule has 3 nitrogen and oxygen atoms in total. The highest BCUT2D eigenvalue weighted by Crippen LogP contribution is 2.33. The quantitative estimate of drug-likeness (QED) is 0.883. The Morgan fingerprint density at radius 2 is 2.25 bits per heavy atom. The molecule has 0 aliphatic carbocycles. The summed E-state index contributed by atoms with van der Waals surface area (Å²) in [5.41, 5.74) is 1.95. The van der Waals surface area contributed by atoms with Crippen LogP contribution in [0.5, 0.6) is 5.75 Å². The predicted octanol–water partition coefficient (Wildman–Crippen LogP) is 4.59. The second kappa shape index (κ2) is 6.72. The van der Waals surface area contributed by atoms with Crippen molar-refractivity contribution in [3.63, 3.8) is 0 Å². The van der Waals surface area contributed by atoms with Gasteiger partial charge in [0.2, 0.25) is 0 Å². The van der Waals surface area contributed by atoms with Gasteiger partial charge in [0, 0.05) is 16.3 Å². The molecule has 1 N–H and O–H groups in total. The van der Waals surface area contributed by atoms with Gasteiger partial charge in [-0.15, -0.1) is 0 Å². The molecule has 1 aromatic carbocycles. The van der Waals surface area contributed by atoms with Gasteiger partial charge in [0.25, 0.3) is 0 Å². The second-order valence-electron chi connectivity index (χ2n) is 5.44. The van der Waals surface area contributed by atoms with Crippen LogP contribution in [0.2, 0.25) is 5.02 Å². The number of nitrogens with one attached hydrogen (secondary N) is 1. The summed E-state index contributed by atoms with van der Waals surface area (Å²) in [4.78, 5) is 4.57. The molecule has 0 saturated heterocycles. The van der Waals surface area contributed by atoms with Crippen molar-refractivity contribution in [1.82, 2.24) is 0 Å². The van der Waals surface area contributed by atoms with Crippen molar-refractivity contribution in [3.8, 4) is 5.75 Å². The summed E-state index contributed by atoms with van der Waals surface area (Å²) in [6, 6.07) is 3.84. The molecule has 0 bridgehead atoms. The van der Waals surface area contributed by atoms with Gasteiger partial charge >= 0.3 is 0 Å². The van der Waals surface area contributed by atoms with Crippen LogP contribution in [0.1, 0.15) is 25.8 Å². The van der Waals surface area contributed by atoms with E-state index in [2.05, 4.69) is 24.2 Å². The number of hydrogen-bond acceptors (Lipinski definition) is 4. The highest BCUT2D eigenvalue weighted by molar-refractivity contribution is 8.15. The Labute approximate surface area is 130 Å². The molecule has 0 radical (unpaired) electrons. The maximum Gasteiger partial charge on any atom is 0.161 e. The van der Waals surface area contributed by atoms with Gasteiger partial charge in [-0.05, 0) is 30.9 Å². The van der Waals surface area contributed by atoms with Crippen molar-refractivity contribution < 1.29 is 4.74 Å². The lowest BCUT2D eigenvalue weighted by atomic mass is 10.1. The summed E-state index contributed by atoms with van der Waals surface area (Å²) in [6.07, 6.45) is 1.19. The van der Waals surface area contributed by atoms with Crippen LogP contribution in [-0.2, 0) is 0 Å². The van der Waals surface area contributed by atoms with Crippen LogP contribution >= 0.6 is 23.4 Å². The summed E-state index contributed by atoms with van der Waals surface area (Å²) in [7, 11) is 1.65. The Kier molecular flexibility index (Phi) is 5.22. The van der Waals surface area contributed by atoms with Gasteiger partial charge in [-0.1, -0.05) is 37.2 Å². The number of hydrogen-bond donors (Lipinski definition) is 1. The molecule has 1 aliphatic rings. The first-order chi connectivity index (χ1) is 9.49. The summed E-state index contributed by atoms with van der Waals surface area (Å²) in [5.74, 6) is 1.45. The van der Waals surface area contributed by atoms with E-state index in [1.54, 1.807) is 7.11 Å². The molecular formula is C15H21ClN2OS. The number of rotatable bonds is 4. The first kappa shape index (κ1) is 15.5. The molecule has 1 aliphatic heterocycles. The Bertz CT molecular complexity index is 517. The average molecular weight is 313 g/mol. The maximum atomic E-state index is 6.12. The van der Waals surface area contributed by atoms with Crippen LogP contribution in [0.3, 0.4) is 0 Å². The van der Waals surface area contributed by atoms with E-state index >= 15 is 0 Å². The van der Waals surface area contributed by atoms with Gasteiger partial charge in [0.05, 0.1) is 19.3 Å². The third-order valence-electron chi connectivity index (χ3n) is 3.17. The van der Waals surface area contributed by atoms with Gasteiger partial charge < -0.3 is 10.1 Å². The van der Waals surface area contributed by atoms with Crippen LogP contribution < -0.4 is 10.1 Å². The van der Waals surface area contributed by atoms with Gasteiger partial charge in [-0.3, -0.25) is 4.99 Å². The van der Waals surface area contributed by atoms with E-state index in [4.69, 9.17) is 16.3 Å². The Morgan fingerprint density at radius 1 is 1.50 bits per heavy atom. The fraction of sp³-hybridized carbons (Fsp3) is 0.533. The number of benzene rings is 1. The molecule has 1 aromatic rings. The average Bonchev–Trinajstić information content (AvgIpc) is 2.80. The Balaban J connectivity index is 2.06. The molecule has 20 heavy (non-hydrogen) atoms.